The number of hydrogen-bond donors (Lipinski definition) is 0. The van der Waals surface area contributed by atoms with Gasteiger partial charge in [0.1, 0.15) is 5.78 Å². The fourth-order valence-corrected chi connectivity index (χ4v) is 2.96. The second kappa shape index (κ2) is 8.91. The molecule has 0 aliphatic rings. The van der Waals surface area contributed by atoms with Crippen LogP contribution in [0.5, 0.6) is 0 Å². The molecule has 0 heterocycles. The van der Waals surface area contributed by atoms with E-state index in [4.69, 9.17) is 9.05 Å². The molecule has 16 heavy (non-hydrogen) atoms. The molecular formula is C11H23O4P. The first-order valence-corrected chi connectivity index (χ1v) is 7.70. The van der Waals surface area contributed by atoms with Crippen LogP contribution in [-0.2, 0) is 18.4 Å². The first-order chi connectivity index (χ1) is 7.58. The van der Waals surface area contributed by atoms with Crippen LogP contribution in [0.3, 0.4) is 0 Å². The number of ketones is 1. The standard InChI is InChI=1S/C11H23O4P/c1-4-7-8-11(12)9-10-16(13,14-5-2)15-6-3/h4-10H2,1-3H3. The molecule has 4 nitrogen and oxygen atoms in total. The molecular weight excluding hydrogens is 227 g/mol. The summed E-state index contributed by atoms with van der Waals surface area (Å²) in [6.07, 6.45) is 2.95. The average molecular weight is 250 g/mol. The largest absolute Gasteiger partial charge is 0.331 e. The van der Waals surface area contributed by atoms with Gasteiger partial charge in [0.2, 0.25) is 0 Å². The number of rotatable bonds is 10. The topological polar surface area (TPSA) is 52.6 Å². The molecule has 0 spiro atoms. The van der Waals surface area contributed by atoms with Crippen LogP contribution < -0.4 is 0 Å². The lowest BCUT2D eigenvalue weighted by Crippen LogP contribution is -2.06. The van der Waals surface area contributed by atoms with E-state index in [2.05, 4.69) is 0 Å². The Hall–Kier alpha value is -0.180. The second-order valence-electron chi connectivity index (χ2n) is 3.56. The van der Waals surface area contributed by atoms with Gasteiger partial charge in [-0.15, -0.1) is 0 Å². The fraction of sp³-hybridized carbons (Fsp3) is 0.909. The van der Waals surface area contributed by atoms with E-state index in [0.29, 0.717) is 19.6 Å². The molecule has 96 valence electrons. The van der Waals surface area contributed by atoms with Crippen molar-refractivity contribution in [3.8, 4) is 0 Å². The Bertz CT molecular complexity index is 230. The summed E-state index contributed by atoms with van der Waals surface area (Å²) in [5.74, 6) is 0.140. The zero-order valence-electron chi connectivity index (χ0n) is 10.5. The lowest BCUT2D eigenvalue weighted by atomic mass is 10.1. The maximum Gasteiger partial charge on any atom is 0.331 e. The van der Waals surface area contributed by atoms with E-state index < -0.39 is 7.60 Å². The quantitative estimate of drug-likeness (QED) is 0.557. The van der Waals surface area contributed by atoms with Crippen LogP contribution in [0, 0.1) is 0 Å². The maximum absolute atomic E-state index is 12.0. The van der Waals surface area contributed by atoms with Crippen LogP contribution in [-0.4, -0.2) is 25.2 Å². The van der Waals surface area contributed by atoms with Gasteiger partial charge in [-0.2, -0.15) is 0 Å². The van der Waals surface area contributed by atoms with Crippen LogP contribution in [0.1, 0.15) is 46.5 Å². The normalized spacial score (nSPS) is 11.7. The van der Waals surface area contributed by atoms with Gasteiger partial charge in [0, 0.05) is 12.8 Å². The molecule has 0 aliphatic heterocycles. The summed E-state index contributed by atoms with van der Waals surface area (Å²) in [5, 5.41) is 0. The molecule has 0 fully saturated rings. The monoisotopic (exact) mass is 250 g/mol. The summed E-state index contributed by atoms with van der Waals surface area (Å²) in [6, 6.07) is 0. The Kier molecular flexibility index (Phi) is 8.81. The van der Waals surface area contributed by atoms with E-state index in [9.17, 15) is 9.36 Å². The van der Waals surface area contributed by atoms with Crippen molar-refractivity contribution in [2.75, 3.05) is 19.4 Å². The number of carbonyl (C=O) groups excluding carboxylic acids is 1. The van der Waals surface area contributed by atoms with Crippen molar-refractivity contribution in [3.63, 3.8) is 0 Å². The number of unbranched alkanes of at least 4 members (excludes halogenated alkanes) is 1. The highest BCUT2D eigenvalue weighted by Gasteiger charge is 2.24. The van der Waals surface area contributed by atoms with Crippen molar-refractivity contribution < 1.29 is 18.4 Å². The highest BCUT2D eigenvalue weighted by molar-refractivity contribution is 7.53. The Morgan fingerprint density at radius 1 is 1.06 bits per heavy atom. The third-order valence-electron chi connectivity index (χ3n) is 2.13. The SMILES string of the molecule is CCCCC(=O)CCP(=O)(OCC)OCC. The predicted molar refractivity (Wildman–Crippen MR) is 64.9 cm³/mol. The smallest absolute Gasteiger partial charge is 0.309 e. The molecule has 0 aromatic rings. The van der Waals surface area contributed by atoms with Gasteiger partial charge in [-0.3, -0.25) is 9.36 Å². The van der Waals surface area contributed by atoms with E-state index in [1.165, 1.54) is 0 Å². The molecule has 0 N–H and O–H groups in total. The first-order valence-electron chi connectivity index (χ1n) is 5.97. The summed E-state index contributed by atoms with van der Waals surface area (Å²) in [6.45, 7) is 6.27. The van der Waals surface area contributed by atoms with Crippen molar-refractivity contribution in [3.05, 3.63) is 0 Å². The van der Waals surface area contributed by atoms with Gasteiger partial charge in [0.25, 0.3) is 0 Å². The molecule has 5 heteroatoms. The summed E-state index contributed by atoms with van der Waals surface area (Å²) >= 11 is 0. The third-order valence-corrected chi connectivity index (χ3v) is 4.20. The summed E-state index contributed by atoms with van der Waals surface area (Å²) < 4.78 is 22.2. The van der Waals surface area contributed by atoms with E-state index in [1.807, 2.05) is 6.92 Å². The van der Waals surface area contributed by atoms with Crippen molar-refractivity contribution in [1.29, 1.82) is 0 Å². The van der Waals surface area contributed by atoms with Crippen LogP contribution in [0.2, 0.25) is 0 Å². The van der Waals surface area contributed by atoms with Gasteiger partial charge >= 0.3 is 7.60 Å². The minimum absolute atomic E-state index is 0.140. The Morgan fingerprint density at radius 2 is 1.62 bits per heavy atom. The lowest BCUT2D eigenvalue weighted by Gasteiger charge is -2.16. The van der Waals surface area contributed by atoms with Gasteiger partial charge in [-0.1, -0.05) is 13.3 Å². The Labute approximate surface area is 98.2 Å². The van der Waals surface area contributed by atoms with Crippen LogP contribution in [0.4, 0.5) is 0 Å². The van der Waals surface area contributed by atoms with Crippen molar-refractivity contribution in [2.24, 2.45) is 0 Å². The van der Waals surface area contributed by atoms with Crippen LogP contribution in [0.15, 0.2) is 0 Å². The number of carbonyl (C=O) groups is 1. The van der Waals surface area contributed by atoms with Crippen molar-refractivity contribution >= 4 is 13.4 Å². The van der Waals surface area contributed by atoms with E-state index in [-0.39, 0.29) is 18.4 Å². The zero-order chi connectivity index (χ0) is 12.4. The Morgan fingerprint density at radius 3 is 2.06 bits per heavy atom. The van der Waals surface area contributed by atoms with Crippen LogP contribution in [0.25, 0.3) is 0 Å². The minimum atomic E-state index is -3.03. The molecule has 0 saturated carbocycles. The van der Waals surface area contributed by atoms with Gasteiger partial charge in [0.15, 0.2) is 0 Å². The van der Waals surface area contributed by atoms with E-state index in [0.717, 1.165) is 12.8 Å². The molecule has 0 rings (SSSR count). The van der Waals surface area contributed by atoms with E-state index >= 15 is 0 Å². The summed E-state index contributed by atoms with van der Waals surface area (Å²) in [5.41, 5.74) is 0. The lowest BCUT2D eigenvalue weighted by molar-refractivity contribution is -0.118. The highest BCUT2D eigenvalue weighted by atomic mass is 31.2. The van der Waals surface area contributed by atoms with E-state index in [1.54, 1.807) is 13.8 Å². The molecule has 0 atom stereocenters. The van der Waals surface area contributed by atoms with Gasteiger partial charge in [-0.25, -0.2) is 0 Å². The predicted octanol–water partition coefficient (Wildman–Crippen LogP) is 3.40. The fourth-order valence-electron chi connectivity index (χ4n) is 1.32. The average Bonchev–Trinajstić information content (AvgIpc) is 2.24. The summed E-state index contributed by atoms with van der Waals surface area (Å²) in [7, 11) is -3.03. The van der Waals surface area contributed by atoms with Crippen molar-refractivity contribution in [1.82, 2.24) is 0 Å². The highest BCUT2D eigenvalue weighted by Crippen LogP contribution is 2.48. The minimum Gasteiger partial charge on any atom is -0.309 e. The first kappa shape index (κ1) is 15.8. The Balaban J connectivity index is 4.01. The van der Waals surface area contributed by atoms with Gasteiger partial charge in [0.05, 0.1) is 19.4 Å². The molecule has 0 saturated heterocycles. The molecule has 0 aromatic carbocycles. The number of hydrogen-bond acceptors (Lipinski definition) is 4. The van der Waals surface area contributed by atoms with Gasteiger partial charge < -0.3 is 9.05 Å². The molecule has 0 amide bonds. The summed E-state index contributed by atoms with van der Waals surface area (Å²) in [4.78, 5) is 11.4. The third kappa shape index (κ3) is 7.15. The molecule has 0 unspecified atom stereocenters. The molecule has 0 bridgehead atoms. The van der Waals surface area contributed by atoms with Crippen molar-refractivity contribution in [2.45, 2.75) is 46.5 Å². The van der Waals surface area contributed by atoms with Crippen LogP contribution >= 0.6 is 7.60 Å². The molecule has 0 aliphatic carbocycles. The maximum atomic E-state index is 12.0. The second-order valence-corrected chi connectivity index (χ2v) is 5.75. The zero-order valence-corrected chi connectivity index (χ0v) is 11.4. The van der Waals surface area contributed by atoms with Gasteiger partial charge in [-0.05, 0) is 20.3 Å². The molecule has 0 radical (unpaired) electrons. The number of Topliss-reactive ketones (excluding diaryl/α,β-unsaturated/α-hetero) is 1. The molecule has 0 aromatic heterocycles.